The van der Waals surface area contributed by atoms with Crippen molar-refractivity contribution in [2.75, 3.05) is 5.73 Å². The number of rotatable bonds is 2. The van der Waals surface area contributed by atoms with E-state index in [4.69, 9.17) is 10.3 Å². The molecule has 0 fully saturated rings. The Morgan fingerprint density at radius 2 is 1.89 bits per heavy atom. The molecule has 0 aliphatic heterocycles. The molecule has 3 nitrogen and oxygen atoms in total. The monoisotopic (exact) mass is 270 g/mol. The highest BCUT2D eigenvalue weighted by molar-refractivity contribution is 7.13. The first-order chi connectivity index (χ1) is 9.15. The summed E-state index contributed by atoms with van der Waals surface area (Å²) in [4.78, 5) is 1.08. The number of nitrogens with two attached hydrogens (primary N) is 1. The van der Waals surface area contributed by atoms with Crippen LogP contribution in [0.15, 0.2) is 40.2 Å². The maximum atomic E-state index is 5.95. The number of nitrogens with zero attached hydrogens (tertiary/aromatic N) is 1. The van der Waals surface area contributed by atoms with Crippen molar-refractivity contribution < 1.29 is 4.52 Å². The predicted octanol–water partition coefficient (Wildman–Crippen LogP) is 4.27. The molecule has 0 aliphatic rings. The lowest BCUT2D eigenvalue weighted by atomic mass is 10.0. The summed E-state index contributed by atoms with van der Waals surface area (Å²) in [6.45, 7) is 4.14. The quantitative estimate of drug-likeness (QED) is 0.756. The smallest absolute Gasteiger partial charge is 0.177 e. The maximum Gasteiger partial charge on any atom is 0.177 e. The van der Waals surface area contributed by atoms with Gasteiger partial charge in [0.1, 0.15) is 0 Å². The van der Waals surface area contributed by atoms with Gasteiger partial charge in [-0.05, 0) is 37.4 Å². The molecule has 0 bridgehead atoms. The van der Waals surface area contributed by atoms with Gasteiger partial charge in [0.05, 0.1) is 5.56 Å². The molecule has 96 valence electrons. The number of hydrogen-bond donors (Lipinski definition) is 1. The van der Waals surface area contributed by atoms with Crippen molar-refractivity contribution in [3.63, 3.8) is 0 Å². The van der Waals surface area contributed by atoms with Crippen LogP contribution in [0.25, 0.3) is 21.8 Å². The first-order valence-electron chi connectivity index (χ1n) is 6.03. The number of thiophene rings is 1. The van der Waals surface area contributed by atoms with Crippen LogP contribution in [0, 0.1) is 13.8 Å². The Morgan fingerprint density at radius 3 is 2.53 bits per heavy atom. The van der Waals surface area contributed by atoms with Crippen LogP contribution in [0.5, 0.6) is 0 Å². The van der Waals surface area contributed by atoms with Gasteiger partial charge in [0.25, 0.3) is 0 Å². The van der Waals surface area contributed by atoms with Crippen LogP contribution in [0.3, 0.4) is 0 Å². The van der Waals surface area contributed by atoms with Crippen LogP contribution in [0.2, 0.25) is 0 Å². The SMILES string of the molecule is Cc1cc(C)cc(-c2onc(N)c2-c2cccs2)c1. The number of anilines is 1. The first kappa shape index (κ1) is 12.0. The molecular weight excluding hydrogens is 256 g/mol. The fraction of sp³-hybridized carbons (Fsp3) is 0.133. The van der Waals surface area contributed by atoms with Gasteiger partial charge < -0.3 is 10.3 Å². The Hall–Kier alpha value is -2.07. The second-order valence-corrected chi connectivity index (χ2v) is 5.57. The molecule has 0 unspecified atom stereocenters. The van der Waals surface area contributed by atoms with Gasteiger partial charge in [0, 0.05) is 10.4 Å². The molecule has 2 N–H and O–H groups in total. The molecule has 3 aromatic rings. The molecule has 0 spiro atoms. The lowest BCUT2D eigenvalue weighted by Crippen LogP contribution is -1.87. The summed E-state index contributed by atoms with van der Waals surface area (Å²) in [6.07, 6.45) is 0. The van der Waals surface area contributed by atoms with Crippen molar-refractivity contribution in [3.8, 4) is 21.8 Å². The molecule has 0 radical (unpaired) electrons. The third-order valence-electron chi connectivity index (χ3n) is 2.97. The molecular formula is C15H14N2OS. The molecule has 0 saturated carbocycles. The van der Waals surface area contributed by atoms with E-state index in [1.165, 1.54) is 11.1 Å². The highest BCUT2D eigenvalue weighted by atomic mass is 32.1. The Labute approximate surface area is 115 Å². The molecule has 0 aliphatic carbocycles. The average molecular weight is 270 g/mol. The van der Waals surface area contributed by atoms with Crippen molar-refractivity contribution in [2.45, 2.75) is 13.8 Å². The summed E-state index contributed by atoms with van der Waals surface area (Å²) in [6, 6.07) is 10.3. The number of hydrogen-bond acceptors (Lipinski definition) is 4. The van der Waals surface area contributed by atoms with Crippen LogP contribution in [0.4, 0.5) is 5.82 Å². The third-order valence-corrected chi connectivity index (χ3v) is 3.86. The van der Waals surface area contributed by atoms with Gasteiger partial charge in [-0.15, -0.1) is 11.3 Å². The molecule has 3 rings (SSSR count). The van der Waals surface area contributed by atoms with E-state index in [1.807, 2.05) is 17.5 Å². The van der Waals surface area contributed by atoms with Crippen LogP contribution < -0.4 is 5.73 Å². The largest absolute Gasteiger partial charge is 0.380 e. The zero-order chi connectivity index (χ0) is 13.4. The normalized spacial score (nSPS) is 10.8. The fourth-order valence-electron chi connectivity index (χ4n) is 2.26. The van der Waals surface area contributed by atoms with E-state index in [0.29, 0.717) is 5.82 Å². The molecule has 0 saturated heterocycles. The van der Waals surface area contributed by atoms with Crippen molar-refractivity contribution in [1.82, 2.24) is 5.16 Å². The second-order valence-electron chi connectivity index (χ2n) is 4.63. The molecule has 2 heterocycles. The third kappa shape index (κ3) is 2.15. The summed E-state index contributed by atoms with van der Waals surface area (Å²) in [5, 5.41) is 5.94. The van der Waals surface area contributed by atoms with Gasteiger partial charge in [0.15, 0.2) is 11.6 Å². The van der Waals surface area contributed by atoms with E-state index < -0.39 is 0 Å². The topological polar surface area (TPSA) is 52.0 Å². The van der Waals surface area contributed by atoms with Crippen LogP contribution in [0.1, 0.15) is 11.1 Å². The Morgan fingerprint density at radius 1 is 1.16 bits per heavy atom. The Bertz CT molecular complexity index is 694. The summed E-state index contributed by atoms with van der Waals surface area (Å²) in [5.41, 5.74) is 10.2. The molecule has 1 aromatic carbocycles. The van der Waals surface area contributed by atoms with Crippen molar-refractivity contribution in [1.29, 1.82) is 0 Å². The lowest BCUT2D eigenvalue weighted by Gasteiger charge is -2.03. The minimum atomic E-state index is 0.441. The second kappa shape index (κ2) is 4.55. The molecule has 0 amide bonds. The van der Waals surface area contributed by atoms with E-state index in [1.54, 1.807) is 11.3 Å². The number of aromatic nitrogens is 1. The minimum absolute atomic E-state index is 0.441. The van der Waals surface area contributed by atoms with Crippen molar-refractivity contribution in [3.05, 3.63) is 46.8 Å². The molecule has 4 heteroatoms. The number of nitrogen functional groups attached to an aromatic ring is 1. The van der Waals surface area contributed by atoms with E-state index in [2.05, 4.69) is 37.2 Å². The zero-order valence-electron chi connectivity index (χ0n) is 10.8. The highest BCUT2D eigenvalue weighted by Crippen LogP contribution is 2.39. The predicted molar refractivity (Wildman–Crippen MR) is 79.1 cm³/mol. The van der Waals surface area contributed by atoms with E-state index >= 15 is 0 Å². The van der Waals surface area contributed by atoms with Gasteiger partial charge in [0.2, 0.25) is 0 Å². The first-order valence-corrected chi connectivity index (χ1v) is 6.91. The van der Waals surface area contributed by atoms with E-state index in [-0.39, 0.29) is 0 Å². The van der Waals surface area contributed by atoms with E-state index in [0.717, 1.165) is 21.8 Å². The number of aryl methyl sites for hydroxylation is 2. The summed E-state index contributed by atoms with van der Waals surface area (Å²) in [5.74, 6) is 1.18. The highest BCUT2D eigenvalue weighted by Gasteiger charge is 2.18. The molecule has 0 atom stereocenters. The fourth-order valence-corrected chi connectivity index (χ4v) is 3.04. The molecule has 19 heavy (non-hydrogen) atoms. The van der Waals surface area contributed by atoms with Gasteiger partial charge in [-0.1, -0.05) is 28.4 Å². The maximum absolute atomic E-state index is 5.95. The number of benzene rings is 1. The van der Waals surface area contributed by atoms with Gasteiger partial charge >= 0.3 is 0 Å². The van der Waals surface area contributed by atoms with E-state index in [9.17, 15) is 0 Å². The van der Waals surface area contributed by atoms with Crippen LogP contribution in [-0.4, -0.2) is 5.16 Å². The Balaban J connectivity index is 2.21. The van der Waals surface area contributed by atoms with Crippen molar-refractivity contribution >= 4 is 17.2 Å². The Kier molecular flexibility index (Phi) is 2.87. The van der Waals surface area contributed by atoms with Crippen LogP contribution >= 0.6 is 11.3 Å². The lowest BCUT2D eigenvalue weighted by molar-refractivity contribution is 0.436. The zero-order valence-corrected chi connectivity index (χ0v) is 11.6. The van der Waals surface area contributed by atoms with Gasteiger partial charge in [-0.2, -0.15) is 0 Å². The summed E-state index contributed by atoms with van der Waals surface area (Å²) in [7, 11) is 0. The minimum Gasteiger partial charge on any atom is -0.380 e. The van der Waals surface area contributed by atoms with Crippen molar-refractivity contribution in [2.24, 2.45) is 0 Å². The summed E-state index contributed by atoms with van der Waals surface area (Å²) < 4.78 is 5.45. The molecule has 2 aromatic heterocycles. The van der Waals surface area contributed by atoms with Crippen LogP contribution in [-0.2, 0) is 0 Å². The van der Waals surface area contributed by atoms with Gasteiger partial charge in [-0.25, -0.2) is 0 Å². The average Bonchev–Trinajstić information content (AvgIpc) is 2.96. The standard InChI is InChI=1S/C15H14N2OS/c1-9-6-10(2)8-11(7-9)14-13(15(16)17-18-14)12-4-3-5-19-12/h3-8H,1-2H3,(H2,16,17). The van der Waals surface area contributed by atoms with Gasteiger partial charge in [-0.3, -0.25) is 0 Å². The summed E-state index contributed by atoms with van der Waals surface area (Å²) >= 11 is 1.63.